The van der Waals surface area contributed by atoms with Gasteiger partial charge in [-0.25, -0.2) is 22.9 Å². The van der Waals surface area contributed by atoms with Crippen molar-refractivity contribution in [3.63, 3.8) is 0 Å². The standard InChI is InChI=1S/C41H37ClF10N8O4S2.CH2O2/c1-38(2,66(4)64)11-9-24-5-6-25(26-7-8-28(42)31-33(26)59(20-40(47,48)49)57-36(31)60(65-3)37(63)53-13-14-61)32(54-24)29(17-21-15-22(43)18-23(44)16-21)55-30(62)19-58-35-27(10-12-39(35,45)46)34(56-58)41(50,51)52;2-1-3/h5-8,15-16,18,29,61H,10,12-14,17,19-20H2,1-4H3,(H,53,63)(H,55,62);1H,(H,2,3). The van der Waals surface area contributed by atoms with Gasteiger partial charge in [-0.05, 0) is 80.5 Å². The zero-order chi connectivity index (χ0) is 51.4. The predicted molar refractivity (Wildman–Crippen MR) is 235 cm³/mol. The van der Waals surface area contributed by atoms with Gasteiger partial charge in [-0.3, -0.25) is 23.2 Å². The van der Waals surface area contributed by atoms with Crippen LogP contribution in [0.2, 0.25) is 5.02 Å². The second-order valence-corrected chi connectivity index (χ2v) is 18.5. The van der Waals surface area contributed by atoms with Gasteiger partial charge in [0.15, 0.2) is 11.5 Å². The Labute approximate surface area is 397 Å². The van der Waals surface area contributed by atoms with Crippen LogP contribution in [0.15, 0.2) is 42.5 Å². The predicted octanol–water partition coefficient (Wildman–Crippen LogP) is 7.94. The highest BCUT2D eigenvalue weighted by atomic mass is 35.5. The van der Waals surface area contributed by atoms with Crippen molar-refractivity contribution in [1.29, 1.82) is 0 Å². The van der Waals surface area contributed by atoms with Gasteiger partial charge < -0.3 is 20.8 Å². The molecule has 0 fully saturated rings. The molecule has 372 valence electrons. The summed E-state index contributed by atoms with van der Waals surface area (Å²) in [7, 11) is -1.53. The summed E-state index contributed by atoms with van der Waals surface area (Å²) in [5.41, 5.74) is -4.66. The lowest BCUT2D eigenvalue weighted by atomic mass is 9.93. The van der Waals surface area contributed by atoms with E-state index in [4.69, 9.17) is 21.5 Å². The molecule has 27 heteroatoms. The van der Waals surface area contributed by atoms with Gasteiger partial charge in [0.1, 0.15) is 40.9 Å². The number of rotatable bonds is 13. The molecule has 4 N–H and O–H groups in total. The van der Waals surface area contributed by atoms with Crippen LogP contribution in [0.1, 0.15) is 60.2 Å². The van der Waals surface area contributed by atoms with Crippen molar-refractivity contribution in [2.45, 2.75) is 75.3 Å². The lowest BCUT2D eigenvalue weighted by molar-refractivity contribution is -0.142. The van der Waals surface area contributed by atoms with Crippen LogP contribution < -0.4 is 14.9 Å². The maximum absolute atomic E-state index is 15.1. The van der Waals surface area contributed by atoms with Crippen LogP contribution >= 0.6 is 23.5 Å². The fourth-order valence-corrected chi connectivity index (χ4v) is 8.14. The highest BCUT2D eigenvalue weighted by Crippen LogP contribution is 2.47. The molecule has 1 aliphatic rings. The SMILES string of the molecule is CSN(C(=O)NCCO)c1nn(CC(F)(F)F)c2c(-c3ccc(C#CC(C)(C)S(C)=O)nc3C(Cc3cc(F)cc(F)c3)NC(=O)Cn3nc(C(F)(F)F)c4c3C(F)(F)CC4)ccc(Cl)c12.O=CO. The molecule has 2 atom stereocenters. The van der Waals surface area contributed by atoms with Gasteiger partial charge in [0, 0.05) is 59.0 Å². The Morgan fingerprint density at radius 2 is 1.68 bits per heavy atom. The number of amides is 3. The normalized spacial score (nSPS) is 14.2. The summed E-state index contributed by atoms with van der Waals surface area (Å²) in [5, 5.41) is 28.2. The van der Waals surface area contributed by atoms with E-state index in [1.54, 1.807) is 13.8 Å². The second-order valence-electron chi connectivity index (χ2n) is 15.4. The van der Waals surface area contributed by atoms with E-state index in [0.717, 1.165) is 28.4 Å². The van der Waals surface area contributed by atoms with E-state index >= 15 is 8.78 Å². The van der Waals surface area contributed by atoms with Gasteiger partial charge in [-0.1, -0.05) is 23.6 Å². The molecule has 6 rings (SSSR count). The maximum atomic E-state index is 15.1. The molecule has 3 heterocycles. The number of carbonyl (C=O) groups is 3. The van der Waals surface area contributed by atoms with E-state index in [1.807, 2.05) is 0 Å². The monoisotopic (exact) mass is 1040 g/mol. The van der Waals surface area contributed by atoms with Gasteiger partial charge in [0.05, 0.1) is 34.3 Å². The van der Waals surface area contributed by atoms with Crippen molar-refractivity contribution in [3.8, 4) is 23.0 Å². The zero-order valence-corrected chi connectivity index (χ0v) is 38.7. The molecule has 0 aliphatic heterocycles. The van der Waals surface area contributed by atoms with E-state index in [0.29, 0.717) is 10.7 Å². The van der Waals surface area contributed by atoms with E-state index in [9.17, 15) is 54.0 Å². The number of benzene rings is 2. The molecule has 2 unspecified atom stereocenters. The molecule has 0 spiro atoms. The molecule has 0 bridgehead atoms. The van der Waals surface area contributed by atoms with Crippen LogP contribution in [-0.4, -0.2) is 94.0 Å². The number of aromatic nitrogens is 5. The minimum absolute atomic E-state index is 0.0971. The Morgan fingerprint density at radius 1 is 1.04 bits per heavy atom. The van der Waals surface area contributed by atoms with Gasteiger partial charge >= 0.3 is 18.4 Å². The number of nitrogens with one attached hydrogen (secondary N) is 2. The molecule has 3 aromatic heterocycles. The number of urea groups is 1. The summed E-state index contributed by atoms with van der Waals surface area (Å²) < 4.78 is 158. The summed E-state index contributed by atoms with van der Waals surface area (Å²) in [5.74, 6) is -2.01. The molecule has 2 aromatic carbocycles. The number of carbonyl (C=O) groups excluding carboxylic acids is 2. The number of alkyl halides is 8. The Hall–Kier alpha value is -5.91. The van der Waals surface area contributed by atoms with Crippen molar-refractivity contribution < 1.29 is 72.7 Å². The third kappa shape index (κ3) is 12.7. The molecule has 0 radical (unpaired) electrons. The quantitative estimate of drug-likeness (QED) is 0.0391. The van der Waals surface area contributed by atoms with E-state index in [1.165, 1.54) is 36.8 Å². The van der Waals surface area contributed by atoms with Crippen LogP contribution in [0, 0.1) is 23.5 Å². The summed E-state index contributed by atoms with van der Waals surface area (Å²) in [6, 6.07) is 4.93. The summed E-state index contributed by atoms with van der Waals surface area (Å²) in [6.07, 6.45) is -9.59. The number of halogens is 11. The molecular weight excluding hydrogens is 1000 g/mol. The maximum Gasteiger partial charge on any atom is 0.435 e. The lowest BCUT2D eigenvalue weighted by Gasteiger charge is -2.23. The average molecular weight is 1040 g/mol. The second kappa shape index (κ2) is 21.4. The van der Waals surface area contributed by atoms with Gasteiger partial charge in [-0.15, -0.1) is 0 Å². The molecule has 5 aromatic rings. The first-order chi connectivity index (χ1) is 32.2. The Kier molecular flexibility index (Phi) is 16.7. The van der Waals surface area contributed by atoms with Crippen LogP contribution in [0.4, 0.5) is 54.5 Å². The summed E-state index contributed by atoms with van der Waals surface area (Å²) in [6.45, 7) is -0.867. The minimum Gasteiger partial charge on any atom is -0.483 e. The largest absolute Gasteiger partial charge is 0.483 e. The molecule has 69 heavy (non-hydrogen) atoms. The number of fused-ring (bicyclic) bond motifs is 2. The van der Waals surface area contributed by atoms with Gasteiger partial charge in [0.25, 0.3) is 12.4 Å². The van der Waals surface area contributed by atoms with Crippen LogP contribution in [0.3, 0.4) is 0 Å². The van der Waals surface area contributed by atoms with E-state index in [2.05, 4.69) is 37.7 Å². The Balaban J connectivity index is 0.00000288. The van der Waals surface area contributed by atoms with Crippen molar-refractivity contribution in [3.05, 3.63) is 93.0 Å². The van der Waals surface area contributed by atoms with Gasteiger partial charge in [-0.2, -0.15) is 45.3 Å². The molecule has 0 saturated heterocycles. The van der Waals surface area contributed by atoms with Crippen LogP contribution in [0.5, 0.6) is 0 Å². The number of hydrogen-bond donors (Lipinski definition) is 4. The Morgan fingerprint density at radius 3 is 2.26 bits per heavy atom. The summed E-state index contributed by atoms with van der Waals surface area (Å²) in [4.78, 5) is 40.2. The highest BCUT2D eigenvalue weighted by molar-refractivity contribution is 8.00. The third-order valence-electron chi connectivity index (χ3n) is 10.2. The van der Waals surface area contributed by atoms with Crippen LogP contribution in [0.25, 0.3) is 22.0 Å². The van der Waals surface area contributed by atoms with Crippen molar-refractivity contribution >= 4 is 69.5 Å². The first kappa shape index (κ1) is 54.0. The topological polar surface area (TPSA) is 185 Å². The zero-order valence-electron chi connectivity index (χ0n) is 36.3. The molecule has 14 nitrogen and oxygen atoms in total. The average Bonchev–Trinajstić information content (AvgIpc) is 3.90. The fraction of sp³-hybridized carbons (Fsp3) is 0.381. The van der Waals surface area contributed by atoms with Crippen molar-refractivity contribution in [1.82, 2.24) is 35.2 Å². The number of aliphatic hydroxyl groups is 1. The number of carboxylic acid groups (broad SMARTS) is 1. The van der Waals surface area contributed by atoms with Gasteiger partial charge in [0.2, 0.25) is 5.91 Å². The lowest BCUT2D eigenvalue weighted by Crippen LogP contribution is -2.37. The third-order valence-corrected chi connectivity index (χ3v) is 12.8. The molecule has 3 amide bonds. The number of aliphatic hydroxyl groups excluding tert-OH is 1. The molecule has 1 aliphatic carbocycles. The van der Waals surface area contributed by atoms with E-state index < -0.39 is 119 Å². The first-order valence-corrected chi connectivity index (χ1v) is 23.0. The first-order valence-electron chi connectivity index (χ1n) is 19.9. The van der Waals surface area contributed by atoms with Crippen molar-refractivity contribution in [2.75, 3.05) is 30.0 Å². The number of nitrogens with zero attached hydrogens (tertiary/aromatic N) is 6. The fourth-order valence-electron chi connectivity index (χ4n) is 7.17. The number of anilines is 1. The van der Waals surface area contributed by atoms with Crippen molar-refractivity contribution in [2.24, 2.45) is 0 Å². The van der Waals surface area contributed by atoms with Crippen LogP contribution in [-0.2, 0) is 58.4 Å². The number of pyridine rings is 1. The molecule has 0 saturated carbocycles. The van der Waals surface area contributed by atoms with E-state index in [-0.39, 0.29) is 67.5 Å². The number of hydrogen-bond acceptors (Lipinski definition) is 9. The minimum atomic E-state index is -5.17. The molecular formula is C42H39ClF10N8O6S2. The highest BCUT2D eigenvalue weighted by Gasteiger charge is 2.50. The Bertz CT molecular complexity index is 2830. The smallest absolute Gasteiger partial charge is 0.435 e. The summed E-state index contributed by atoms with van der Waals surface area (Å²) >= 11 is 7.39.